The Hall–Kier alpha value is -1.28. The van der Waals surface area contributed by atoms with Crippen LogP contribution in [0.5, 0.6) is 0 Å². The van der Waals surface area contributed by atoms with E-state index in [0.29, 0.717) is 0 Å². The van der Waals surface area contributed by atoms with Crippen LogP contribution < -0.4 is 5.32 Å². The molecule has 0 unspecified atom stereocenters. The molecule has 0 bridgehead atoms. The maximum atomic E-state index is 3.43. The average Bonchev–Trinajstić information content (AvgIpc) is 2.59. The van der Waals surface area contributed by atoms with Crippen molar-refractivity contribution in [1.82, 2.24) is 10.3 Å². The predicted molar refractivity (Wildman–Crippen MR) is 58.3 cm³/mol. The third kappa shape index (κ3) is 0.891. The molecule has 14 heavy (non-hydrogen) atoms. The van der Waals surface area contributed by atoms with Crippen molar-refractivity contribution in [2.45, 2.75) is 26.9 Å². The third-order valence-corrected chi connectivity index (χ3v) is 3.18. The normalized spacial score (nSPS) is 15.0. The molecular formula is C12H14N2. The lowest BCUT2D eigenvalue weighted by Gasteiger charge is -2.17. The lowest BCUT2D eigenvalue weighted by molar-refractivity contribution is 0.681. The van der Waals surface area contributed by atoms with Crippen LogP contribution in [0.15, 0.2) is 12.3 Å². The second-order valence-electron chi connectivity index (χ2n) is 4.16. The molecule has 2 N–H and O–H groups in total. The van der Waals surface area contributed by atoms with Crippen molar-refractivity contribution in [1.29, 1.82) is 0 Å². The summed E-state index contributed by atoms with van der Waals surface area (Å²) >= 11 is 0. The molecule has 2 aromatic rings. The van der Waals surface area contributed by atoms with Crippen molar-refractivity contribution in [3.63, 3.8) is 0 Å². The Morgan fingerprint density at radius 3 is 2.86 bits per heavy atom. The van der Waals surface area contributed by atoms with Gasteiger partial charge in [0.25, 0.3) is 0 Å². The summed E-state index contributed by atoms with van der Waals surface area (Å²) in [6.45, 7) is 6.38. The third-order valence-electron chi connectivity index (χ3n) is 3.18. The number of nitrogens with one attached hydrogen (secondary N) is 2. The maximum absolute atomic E-state index is 3.43. The molecule has 1 aliphatic heterocycles. The molecule has 0 spiro atoms. The fraction of sp³-hybridized carbons (Fsp3) is 0.333. The fourth-order valence-corrected chi connectivity index (χ4v) is 2.49. The van der Waals surface area contributed by atoms with Crippen LogP contribution in [0.1, 0.15) is 22.3 Å². The van der Waals surface area contributed by atoms with Crippen LogP contribution in [0.3, 0.4) is 0 Å². The zero-order valence-corrected chi connectivity index (χ0v) is 8.57. The summed E-state index contributed by atoms with van der Waals surface area (Å²) in [4.78, 5) is 3.38. The molecule has 0 saturated carbocycles. The molecule has 2 heteroatoms. The van der Waals surface area contributed by atoms with Gasteiger partial charge in [0.1, 0.15) is 0 Å². The molecule has 0 amide bonds. The summed E-state index contributed by atoms with van der Waals surface area (Å²) < 4.78 is 0. The van der Waals surface area contributed by atoms with Crippen molar-refractivity contribution >= 4 is 10.9 Å². The average molecular weight is 186 g/mol. The van der Waals surface area contributed by atoms with Gasteiger partial charge in [0.15, 0.2) is 0 Å². The smallest absolute Gasteiger partial charge is 0.0490 e. The van der Waals surface area contributed by atoms with E-state index in [1.165, 1.54) is 33.2 Å². The number of hydrogen-bond acceptors (Lipinski definition) is 1. The number of rotatable bonds is 0. The van der Waals surface area contributed by atoms with Crippen LogP contribution in [-0.2, 0) is 13.1 Å². The number of hydrogen-bond donors (Lipinski definition) is 2. The number of aryl methyl sites for hydroxylation is 2. The minimum Gasteiger partial charge on any atom is -0.361 e. The zero-order chi connectivity index (χ0) is 9.71. The van der Waals surface area contributed by atoms with E-state index in [1.54, 1.807) is 0 Å². The molecule has 0 aliphatic carbocycles. The summed E-state index contributed by atoms with van der Waals surface area (Å²) in [6, 6.07) is 2.27. The SMILES string of the molecule is Cc1cc(C)c2[nH]cc3c2c1CNC3. The summed E-state index contributed by atoms with van der Waals surface area (Å²) in [5.41, 5.74) is 6.96. The largest absolute Gasteiger partial charge is 0.361 e. The van der Waals surface area contributed by atoms with Gasteiger partial charge in [-0.2, -0.15) is 0 Å². The van der Waals surface area contributed by atoms with E-state index in [0.717, 1.165) is 13.1 Å². The highest BCUT2D eigenvalue weighted by molar-refractivity contribution is 5.90. The second-order valence-corrected chi connectivity index (χ2v) is 4.16. The van der Waals surface area contributed by atoms with Crippen LogP contribution in [0, 0.1) is 13.8 Å². The lowest BCUT2D eigenvalue weighted by Crippen LogP contribution is -2.18. The van der Waals surface area contributed by atoms with Crippen LogP contribution in [0.4, 0.5) is 0 Å². The molecule has 0 radical (unpaired) electrons. The van der Waals surface area contributed by atoms with Crippen molar-refractivity contribution in [3.05, 3.63) is 34.5 Å². The monoisotopic (exact) mass is 186 g/mol. The first kappa shape index (κ1) is 8.06. The van der Waals surface area contributed by atoms with Gasteiger partial charge in [-0.05, 0) is 36.1 Å². The van der Waals surface area contributed by atoms with Gasteiger partial charge in [-0.15, -0.1) is 0 Å². The standard InChI is InChI=1S/C12H14N2/c1-7-3-8(2)12-11-9(5-14-12)4-13-6-10(7)11/h3,5,13-14H,4,6H2,1-2H3. The van der Waals surface area contributed by atoms with Crippen molar-refractivity contribution in [2.24, 2.45) is 0 Å². The molecule has 0 atom stereocenters. The van der Waals surface area contributed by atoms with Crippen LogP contribution in [-0.4, -0.2) is 4.98 Å². The Labute approximate surface area is 83.3 Å². The molecule has 72 valence electrons. The van der Waals surface area contributed by atoms with Crippen molar-refractivity contribution < 1.29 is 0 Å². The summed E-state index contributed by atoms with van der Waals surface area (Å²) in [7, 11) is 0. The van der Waals surface area contributed by atoms with Crippen LogP contribution >= 0.6 is 0 Å². The second kappa shape index (κ2) is 2.61. The molecule has 3 rings (SSSR count). The van der Waals surface area contributed by atoms with Gasteiger partial charge in [0.05, 0.1) is 0 Å². The molecule has 0 fully saturated rings. The Balaban J connectivity index is 2.52. The van der Waals surface area contributed by atoms with E-state index in [9.17, 15) is 0 Å². The highest BCUT2D eigenvalue weighted by atomic mass is 14.9. The van der Waals surface area contributed by atoms with Gasteiger partial charge in [-0.1, -0.05) is 6.07 Å². The highest BCUT2D eigenvalue weighted by Gasteiger charge is 2.16. The maximum Gasteiger partial charge on any atom is 0.0490 e. The number of benzene rings is 1. The van der Waals surface area contributed by atoms with E-state index in [4.69, 9.17) is 0 Å². The van der Waals surface area contributed by atoms with Gasteiger partial charge in [0, 0.05) is 30.2 Å². The Bertz CT molecular complexity index is 509. The Morgan fingerprint density at radius 2 is 2.00 bits per heavy atom. The molecule has 1 aromatic heterocycles. The van der Waals surface area contributed by atoms with Gasteiger partial charge < -0.3 is 10.3 Å². The Morgan fingerprint density at radius 1 is 1.14 bits per heavy atom. The minimum absolute atomic E-state index is 0.996. The number of aromatic amines is 1. The fourth-order valence-electron chi connectivity index (χ4n) is 2.49. The van der Waals surface area contributed by atoms with E-state index in [2.05, 4.69) is 36.4 Å². The predicted octanol–water partition coefficient (Wildman–Crippen LogP) is 2.39. The van der Waals surface area contributed by atoms with E-state index >= 15 is 0 Å². The molecule has 1 aromatic carbocycles. The van der Waals surface area contributed by atoms with Crippen LogP contribution in [0.25, 0.3) is 10.9 Å². The first-order chi connectivity index (χ1) is 6.77. The highest BCUT2D eigenvalue weighted by Crippen LogP contribution is 2.30. The molecule has 2 heterocycles. The first-order valence-corrected chi connectivity index (χ1v) is 5.07. The lowest BCUT2D eigenvalue weighted by atomic mass is 9.96. The van der Waals surface area contributed by atoms with Crippen molar-refractivity contribution in [2.75, 3.05) is 0 Å². The zero-order valence-electron chi connectivity index (χ0n) is 8.57. The van der Waals surface area contributed by atoms with Crippen molar-refractivity contribution in [3.8, 4) is 0 Å². The number of H-pyrrole nitrogens is 1. The number of aromatic nitrogens is 1. The van der Waals surface area contributed by atoms with Gasteiger partial charge in [-0.25, -0.2) is 0 Å². The topological polar surface area (TPSA) is 27.8 Å². The minimum atomic E-state index is 0.996. The quantitative estimate of drug-likeness (QED) is 0.649. The molecular weight excluding hydrogens is 172 g/mol. The summed E-state index contributed by atoms with van der Waals surface area (Å²) in [6.07, 6.45) is 2.13. The molecule has 2 nitrogen and oxygen atoms in total. The summed E-state index contributed by atoms with van der Waals surface area (Å²) in [5, 5.41) is 4.89. The molecule has 1 aliphatic rings. The van der Waals surface area contributed by atoms with Gasteiger partial charge in [0.2, 0.25) is 0 Å². The van der Waals surface area contributed by atoms with Gasteiger partial charge in [-0.3, -0.25) is 0 Å². The van der Waals surface area contributed by atoms with E-state index in [1.807, 2.05) is 0 Å². The van der Waals surface area contributed by atoms with E-state index < -0.39 is 0 Å². The molecule has 0 saturated heterocycles. The van der Waals surface area contributed by atoms with Crippen LogP contribution in [0.2, 0.25) is 0 Å². The van der Waals surface area contributed by atoms with Gasteiger partial charge >= 0.3 is 0 Å². The Kier molecular flexibility index (Phi) is 1.50. The summed E-state index contributed by atoms with van der Waals surface area (Å²) in [5.74, 6) is 0. The van der Waals surface area contributed by atoms with E-state index in [-0.39, 0.29) is 0 Å². The first-order valence-electron chi connectivity index (χ1n) is 5.07.